The summed E-state index contributed by atoms with van der Waals surface area (Å²) in [4.78, 5) is 19.9. The number of benzene rings is 1. The maximum atomic E-state index is 10.5. The fraction of sp³-hybridized carbons (Fsp3) is 0.100. The standard InChI is InChI=1S/C10H8N2O3/c11-9-5-4-8(3-1-2-6-13)7-10(9)12(14)15/h4-7H,2,11H2. The average molecular weight is 204 g/mol. The number of nitro benzene ring substituents is 1. The van der Waals surface area contributed by atoms with Crippen LogP contribution in [0.5, 0.6) is 0 Å². The number of rotatable bonds is 2. The molecule has 1 aromatic rings. The van der Waals surface area contributed by atoms with Crippen LogP contribution in [0, 0.1) is 22.0 Å². The number of nitrogens with zero attached hydrogens (tertiary/aromatic N) is 1. The lowest BCUT2D eigenvalue weighted by Crippen LogP contribution is -1.95. The zero-order chi connectivity index (χ0) is 11.3. The van der Waals surface area contributed by atoms with Crippen molar-refractivity contribution in [3.8, 4) is 11.8 Å². The minimum Gasteiger partial charge on any atom is -0.393 e. The SMILES string of the molecule is Nc1ccc(C#CCC=O)cc1[N+](=O)[O-]. The van der Waals surface area contributed by atoms with Gasteiger partial charge in [0, 0.05) is 11.6 Å². The van der Waals surface area contributed by atoms with Gasteiger partial charge >= 0.3 is 0 Å². The lowest BCUT2D eigenvalue weighted by atomic mass is 10.2. The number of nitrogen functional groups attached to an aromatic ring is 1. The van der Waals surface area contributed by atoms with Crippen LogP contribution in [0.25, 0.3) is 0 Å². The molecule has 0 atom stereocenters. The summed E-state index contributed by atoms with van der Waals surface area (Å²) in [5, 5.41) is 10.5. The van der Waals surface area contributed by atoms with Gasteiger partial charge in [-0.25, -0.2) is 0 Å². The first kappa shape index (κ1) is 10.7. The van der Waals surface area contributed by atoms with Crippen LogP contribution in [0.3, 0.4) is 0 Å². The fourth-order valence-corrected chi connectivity index (χ4v) is 0.974. The van der Waals surface area contributed by atoms with Crippen molar-refractivity contribution >= 4 is 17.7 Å². The summed E-state index contributed by atoms with van der Waals surface area (Å²) in [6, 6.07) is 4.27. The van der Waals surface area contributed by atoms with Crippen LogP contribution in [0.1, 0.15) is 12.0 Å². The third-order valence-corrected chi connectivity index (χ3v) is 1.65. The van der Waals surface area contributed by atoms with Crippen LogP contribution in [-0.4, -0.2) is 11.2 Å². The van der Waals surface area contributed by atoms with Gasteiger partial charge in [-0.1, -0.05) is 11.8 Å². The second kappa shape index (κ2) is 4.77. The van der Waals surface area contributed by atoms with E-state index in [0.29, 0.717) is 11.8 Å². The number of hydrogen-bond donors (Lipinski definition) is 1. The number of anilines is 1. The van der Waals surface area contributed by atoms with E-state index in [1.54, 1.807) is 6.07 Å². The van der Waals surface area contributed by atoms with E-state index >= 15 is 0 Å². The fourth-order valence-electron chi connectivity index (χ4n) is 0.974. The molecule has 0 amide bonds. The van der Waals surface area contributed by atoms with E-state index in [4.69, 9.17) is 5.73 Å². The lowest BCUT2D eigenvalue weighted by molar-refractivity contribution is -0.383. The van der Waals surface area contributed by atoms with Crippen LogP contribution >= 0.6 is 0 Å². The Balaban J connectivity index is 3.04. The molecular formula is C10H8N2O3. The second-order valence-electron chi connectivity index (χ2n) is 2.70. The Morgan fingerprint density at radius 2 is 2.27 bits per heavy atom. The predicted molar refractivity (Wildman–Crippen MR) is 55.1 cm³/mol. The van der Waals surface area contributed by atoms with E-state index < -0.39 is 4.92 Å². The summed E-state index contributed by atoms with van der Waals surface area (Å²) in [6.07, 6.45) is 0.775. The van der Waals surface area contributed by atoms with Crippen molar-refractivity contribution in [1.29, 1.82) is 0 Å². The summed E-state index contributed by atoms with van der Waals surface area (Å²) >= 11 is 0. The van der Waals surface area contributed by atoms with E-state index in [1.165, 1.54) is 12.1 Å². The Bertz CT molecular complexity index is 457. The molecule has 0 aliphatic carbocycles. The molecule has 5 heteroatoms. The third kappa shape index (κ3) is 2.81. The molecule has 15 heavy (non-hydrogen) atoms. The van der Waals surface area contributed by atoms with Crippen LogP contribution in [-0.2, 0) is 4.79 Å². The minimum atomic E-state index is -0.569. The predicted octanol–water partition coefficient (Wildman–Crippen LogP) is 1.12. The van der Waals surface area contributed by atoms with Crippen molar-refractivity contribution < 1.29 is 9.72 Å². The number of carbonyl (C=O) groups is 1. The summed E-state index contributed by atoms with van der Waals surface area (Å²) in [5.74, 6) is 5.18. The highest BCUT2D eigenvalue weighted by Gasteiger charge is 2.10. The monoisotopic (exact) mass is 204 g/mol. The zero-order valence-electron chi connectivity index (χ0n) is 7.77. The molecular weight excluding hydrogens is 196 g/mol. The normalized spacial score (nSPS) is 8.80. The Labute approximate surface area is 86.0 Å². The van der Waals surface area contributed by atoms with Gasteiger partial charge < -0.3 is 10.5 Å². The maximum absolute atomic E-state index is 10.5. The molecule has 0 bridgehead atoms. The first-order chi connectivity index (χ1) is 7.15. The number of hydrogen-bond acceptors (Lipinski definition) is 4. The molecule has 1 aromatic carbocycles. The van der Waals surface area contributed by atoms with Crippen molar-refractivity contribution in [2.75, 3.05) is 5.73 Å². The summed E-state index contributed by atoms with van der Waals surface area (Å²) in [5.41, 5.74) is 5.79. The van der Waals surface area contributed by atoms with E-state index in [-0.39, 0.29) is 17.8 Å². The van der Waals surface area contributed by atoms with E-state index in [0.717, 1.165) is 0 Å². The molecule has 0 saturated heterocycles. The molecule has 0 saturated carbocycles. The van der Waals surface area contributed by atoms with E-state index in [2.05, 4.69) is 11.8 Å². The maximum Gasteiger partial charge on any atom is 0.293 e. The Morgan fingerprint density at radius 3 is 2.87 bits per heavy atom. The molecule has 0 heterocycles. The van der Waals surface area contributed by atoms with Crippen molar-refractivity contribution in [2.45, 2.75) is 6.42 Å². The minimum absolute atomic E-state index is 0.0981. The van der Waals surface area contributed by atoms with Crippen LogP contribution in [0.4, 0.5) is 11.4 Å². The molecule has 0 fully saturated rings. The van der Waals surface area contributed by atoms with Crippen molar-refractivity contribution in [3.05, 3.63) is 33.9 Å². The third-order valence-electron chi connectivity index (χ3n) is 1.65. The van der Waals surface area contributed by atoms with Gasteiger partial charge in [0.1, 0.15) is 12.0 Å². The molecule has 0 aliphatic rings. The molecule has 0 unspecified atom stereocenters. The first-order valence-corrected chi connectivity index (χ1v) is 4.11. The molecule has 5 nitrogen and oxygen atoms in total. The van der Waals surface area contributed by atoms with E-state index in [9.17, 15) is 14.9 Å². The van der Waals surface area contributed by atoms with E-state index in [1.807, 2.05) is 0 Å². The molecule has 0 aliphatic heterocycles. The van der Waals surface area contributed by atoms with Gasteiger partial charge in [0.15, 0.2) is 0 Å². The molecule has 76 valence electrons. The second-order valence-corrected chi connectivity index (χ2v) is 2.70. The summed E-state index contributed by atoms with van der Waals surface area (Å²) < 4.78 is 0. The van der Waals surface area contributed by atoms with Gasteiger partial charge in [-0.2, -0.15) is 0 Å². The summed E-state index contributed by atoms with van der Waals surface area (Å²) in [7, 11) is 0. The van der Waals surface area contributed by atoms with Gasteiger partial charge in [-0.15, -0.1) is 0 Å². The van der Waals surface area contributed by atoms with Gasteiger partial charge in [0.25, 0.3) is 5.69 Å². The van der Waals surface area contributed by atoms with Gasteiger partial charge in [-0.05, 0) is 12.1 Å². The van der Waals surface area contributed by atoms with Crippen molar-refractivity contribution in [3.63, 3.8) is 0 Å². The van der Waals surface area contributed by atoms with Crippen LogP contribution < -0.4 is 5.73 Å². The van der Waals surface area contributed by atoms with Gasteiger partial charge in [0.05, 0.1) is 11.3 Å². The topological polar surface area (TPSA) is 86.2 Å². The molecule has 0 aromatic heterocycles. The zero-order valence-corrected chi connectivity index (χ0v) is 7.77. The lowest BCUT2D eigenvalue weighted by Gasteiger charge is -1.96. The first-order valence-electron chi connectivity index (χ1n) is 4.11. The molecule has 0 spiro atoms. The molecule has 0 radical (unpaired) electrons. The van der Waals surface area contributed by atoms with Crippen LogP contribution in [0.2, 0.25) is 0 Å². The summed E-state index contributed by atoms with van der Waals surface area (Å²) in [6.45, 7) is 0. The highest BCUT2D eigenvalue weighted by atomic mass is 16.6. The number of nitro groups is 1. The van der Waals surface area contributed by atoms with Crippen molar-refractivity contribution in [1.82, 2.24) is 0 Å². The molecule has 2 N–H and O–H groups in total. The highest BCUT2D eigenvalue weighted by molar-refractivity contribution is 5.62. The quantitative estimate of drug-likeness (QED) is 0.257. The Hall–Kier alpha value is -2.35. The van der Waals surface area contributed by atoms with Crippen molar-refractivity contribution in [2.24, 2.45) is 0 Å². The number of carbonyl (C=O) groups excluding carboxylic acids is 1. The average Bonchev–Trinajstić information content (AvgIpc) is 2.20. The van der Waals surface area contributed by atoms with Gasteiger partial charge in [-0.3, -0.25) is 10.1 Å². The number of nitrogens with two attached hydrogens (primary N) is 1. The van der Waals surface area contributed by atoms with Crippen LogP contribution in [0.15, 0.2) is 18.2 Å². The number of aldehydes is 1. The smallest absolute Gasteiger partial charge is 0.293 e. The van der Waals surface area contributed by atoms with Gasteiger partial charge in [0.2, 0.25) is 0 Å². The Kier molecular flexibility index (Phi) is 3.41. The highest BCUT2D eigenvalue weighted by Crippen LogP contribution is 2.21. The Morgan fingerprint density at radius 1 is 1.53 bits per heavy atom. The largest absolute Gasteiger partial charge is 0.393 e. The molecule has 1 rings (SSSR count).